The summed E-state index contributed by atoms with van der Waals surface area (Å²) in [5.74, 6) is -1.54. The van der Waals surface area contributed by atoms with E-state index >= 15 is 4.39 Å². The second-order valence-electron chi connectivity index (χ2n) is 9.54. The number of anilines is 2. The summed E-state index contributed by atoms with van der Waals surface area (Å²) in [6, 6.07) is 0.363. The number of carbonyl (C=O) groups is 2. The van der Waals surface area contributed by atoms with Crippen LogP contribution in [0.25, 0.3) is 0 Å². The fraction of sp³-hybridized carbons (Fsp3) is 0.727. The molecule has 1 aliphatic carbocycles. The maximum Gasteiger partial charge on any atom is 0.243 e. The van der Waals surface area contributed by atoms with Crippen LogP contribution in [0.3, 0.4) is 0 Å². The van der Waals surface area contributed by atoms with Crippen molar-refractivity contribution in [1.29, 1.82) is 0 Å². The lowest BCUT2D eigenvalue weighted by Crippen LogP contribution is -2.55. The molecule has 34 heavy (non-hydrogen) atoms. The lowest BCUT2D eigenvalue weighted by Gasteiger charge is -2.44. The van der Waals surface area contributed by atoms with Gasteiger partial charge in [0.2, 0.25) is 23.4 Å². The third kappa shape index (κ3) is 6.05. The molecule has 3 heterocycles. The number of halogens is 2. The van der Waals surface area contributed by atoms with Crippen LogP contribution in [0.4, 0.5) is 16.0 Å². The van der Waals surface area contributed by atoms with E-state index in [1.807, 2.05) is 4.90 Å². The van der Waals surface area contributed by atoms with Gasteiger partial charge in [0.25, 0.3) is 0 Å². The SMILES string of the molecule is O=CN(O)C[C@@H](CC1CCCC1)C(=O)NNc1nc(Cl)nc(N2CCN3CCCCC3C2)c1F. The molecule has 0 radical (unpaired) electrons. The fourth-order valence-corrected chi connectivity index (χ4v) is 5.62. The Kier molecular flexibility index (Phi) is 8.38. The Balaban J connectivity index is 1.42. The molecule has 0 aromatic carbocycles. The van der Waals surface area contributed by atoms with Crippen molar-refractivity contribution < 1.29 is 19.2 Å². The van der Waals surface area contributed by atoms with Crippen LogP contribution in [0, 0.1) is 17.7 Å². The Morgan fingerprint density at radius 3 is 2.74 bits per heavy atom. The van der Waals surface area contributed by atoms with Gasteiger partial charge in [-0.3, -0.25) is 30.5 Å². The van der Waals surface area contributed by atoms with Gasteiger partial charge in [0.05, 0.1) is 12.5 Å². The predicted molar refractivity (Wildman–Crippen MR) is 125 cm³/mol. The van der Waals surface area contributed by atoms with Crippen molar-refractivity contribution in [2.45, 2.75) is 57.4 Å². The van der Waals surface area contributed by atoms with Gasteiger partial charge in [0.1, 0.15) is 0 Å². The smallest absolute Gasteiger partial charge is 0.243 e. The molecule has 12 heteroatoms. The van der Waals surface area contributed by atoms with Crippen LogP contribution in [0.15, 0.2) is 0 Å². The number of hydroxylamine groups is 2. The molecule has 1 unspecified atom stereocenters. The number of piperidine rings is 1. The highest BCUT2D eigenvalue weighted by molar-refractivity contribution is 6.28. The molecular formula is C22H33ClFN7O3. The van der Waals surface area contributed by atoms with Gasteiger partial charge in [-0.25, -0.2) is 5.06 Å². The molecule has 4 rings (SSSR count). The van der Waals surface area contributed by atoms with E-state index in [-0.39, 0.29) is 29.9 Å². The van der Waals surface area contributed by atoms with Gasteiger partial charge in [-0.2, -0.15) is 14.4 Å². The molecule has 3 aliphatic rings. The van der Waals surface area contributed by atoms with E-state index in [0.29, 0.717) is 36.5 Å². The van der Waals surface area contributed by atoms with Gasteiger partial charge >= 0.3 is 0 Å². The van der Waals surface area contributed by atoms with E-state index in [1.165, 1.54) is 6.42 Å². The molecule has 0 spiro atoms. The Morgan fingerprint density at radius 1 is 1.21 bits per heavy atom. The number of aromatic nitrogens is 2. The number of hydrogen-bond donors (Lipinski definition) is 3. The second kappa shape index (κ2) is 11.5. The molecule has 0 bridgehead atoms. The monoisotopic (exact) mass is 497 g/mol. The average Bonchev–Trinajstić information content (AvgIpc) is 3.36. The van der Waals surface area contributed by atoms with Crippen LogP contribution in [0.1, 0.15) is 51.4 Å². The Hall–Kier alpha value is -2.24. The van der Waals surface area contributed by atoms with E-state index in [2.05, 4.69) is 25.7 Å². The number of rotatable bonds is 9. The van der Waals surface area contributed by atoms with Crippen molar-refractivity contribution in [2.75, 3.05) is 43.0 Å². The summed E-state index contributed by atoms with van der Waals surface area (Å²) < 4.78 is 15.4. The summed E-state index contributed by atoms with van der Waals surface area (Å²) in [7, 11) is 0. The number of hydrazine groups is 1. The zero-order valence-corrected chi connectivity index (χ0v) is 20.0. The first-order valence-corrected chi connectivity index (χ1v) is 12.5. The maximum absolute atomic E-state index is 15.4. The van der Waals surface area contributed by atoms with Crippen molar-refractivity contribution in [3.63, 3.8) is 0 Å². The van der Waals surface area contributed by atoms with E-state index in [4.69, 9.17) is 11.6 Å². The van der Waals surface area contributed by atoms with Crippen molar-refractivity contribution in [3.8, 4) is 0 Å². The molecule has 2 aliphatic heterocycles. The summed E-state index contributed by atoms with van der Waals surface area (Å²) in [4.78, 5) is 36.1. The van der Waals surface area contributed by atoms with Gasteiger partial charge in [-0.1, -0.05) is 32.1 Å². The topological polar surface area (TPSA) is 114 Å². The van der Waals surface area contributed by atoms with E-state index < -0.39 is 17.6 Å². The number of nitrogens with zero attached hydrogens (tertiary/aromatic N) is 5. The van der Waals surface area contributed by atoms with Gasteiger partial charge in [0, 0.05) is 25.7 Å². The predicted octanol–water partition coefficient (Wildman–Crippen LogP) is 2.43. The Bertz CT molecular complexity index is 873. The minimum absolute atomic E-state index is 0.118. The highest BCUT2D eigenvalue weighted by Gasteiger charge is 2.32. The summed E-state index contributed by atoms with van der Waals surface area (Å²) in [6.45, 7) is 3.06. The van der Waals surface area contributed by atoms with Crippen LogP contribution >= 0.6 is 11.6 Å². The third-order valence-corrected chi connectivity index (χ3v) is 7.41. The van der Waals surface area contributed by atoms with Gasteiger partial charge < -0.3 is 4.90 Å². The molecule has 1 aromatic rings. The Morgan fingerprint density at radius 2 is 1.97 bits per heavy atom. The van der Waals surface area contributed by atoms with E-state index in [1.54, 1.807) is 0 Å². The molecule has 3 N–H and O–H groups in total. The first-order valence-electron chi connectivity index (χ1n) is 12.1. The first-order chi connectivity index (χ1) is 16.4. The highest BCUT2D eigenvalue weighted by Crippen LogP contribution is 2.31. The molecule has 1 saturated carbocycles. The number of carbonyl (C=O) groups excluding carboxylic acids is 2. The highest BCUT2D eigenvalue weighted by atomic mass is 35.5. The molecule has 3 fully saturated rings. The summed E-state index contributed by atoms with van der Waals surface area (Å²) in [5, 5.41) is 9.98. The molecule has 2 amide bonds. The van der Waals surface area contributed by atoms with Gasteiger partial charge in [-0.15, -0.1) is 0 Å². The van der Waals surface area contributed by atoms with Crippen molar-refractivity contribution in [1.82, 2.24) is 25.4 Å². The van der Waals surface area contributed by atoms with Crippen LogP contribution in [0.5, 0.6) is 0 Å². The normalized spacial score (nSPS) is 22.2. The molecule has 1 aromatic heterocycles. The summed E-state index contributed by atoms with van der Waals surface area (Å²) in [6.07, 6.45) is 8.47. The second-order valence-corrected chi connectivity index (χ2v) is 9.87. The molecular weight excluding hydrogens is 465 g/mol. The average molecular weight is 498 g/mol. The van der Waals surface area contributed by atoms with Crippen LogP contribution in [-0.2, 0) is 9.59 Å². The van der Waals surface area contributed by atoms with Crippen molar-refractivity contribution >= 4 is 35.6 Å². The lowest BCUT2D eigenvalue weighted by atomic mass is 9.92. The third-order valence-electron chi connectivity index (χ3n) is 7.24. The van der Waals surface area contributed by atoms with Crippen molar-refractivity contribution in [2.24, 2.45) is 11.8 Å². The zero-order chi connectivity index (χ0) is 24.1. The van der Waals surface area contributed by atoms with E-state index in [9.17, 15) is 14.8 Å². The Labute approximate surface area is 203 Å². The number of piperazine rings is 1. The van der Waals surface area contributed by atoms with E-state index in [0.717, 1.165) is 51.6 Å². The summed E-state index contributed by atoms with van der Waals surface area (Å²) >= 11 is 6.10. The minimum Gasteiger partial charge on any atom is -0.351 e. The quantitative estimate of drug-likeness (QED) is 0.206. The minimum atomic E-state index is -0.682. The van der Waals surface area contributed by atoms with Crippen LogP contribution < -0.4 is 15.8 Å². The fourth-order valence-electron chi connectivity index (χ4n) is 5.45. The van der Waals surface area contributed by atoms with Crippen LogP contribution in [-0.4, -0.2) is 76.2 Å². The molecule has 188 valence electrons. The first kappa shape index (κ1) is 24.9. The molecule has 10 nitrogen and oxygen atoms in total. The summed E-state index contributed by atoms with van der Waals surface area (Å²) in [5.41, 5.74) is 5.04. The maximum atomic E-state index is 15.4. The number of hydrogen-bond acceptors (Lipinski definition) is 8. The van der Waals surface area contributed by atoms with Crippen LogP contribution in [0.2, 0.25) is 5.28 Å². The van der Waals surface area contributed by atoms with Gasteiger partial charge in [0.15, 0.2) is 11.6 Å². The number of fused-ring (bicyclic) bond motifs is 1. The zero-order valence-electron chi connectivity index (χ0n) is 19.3. The van der Waals surface area contributed by atoms with Crippen molar-refractivity contribution in [3.05, 3.63) is 11.1 Å². The number of amides is 2. The molecule has 2 saturated heterocycles. The largest absolute Gasteiger partial charge is 0.351 e. The lowest BCUT2D eigenvalue weighted by molar-refractivity contribution is -0.154. The standard InChI is InChI=1S/C22H33ClFN7O3/c23-22-25-19(18(24)20(26-22)30-10-9-29-8-4-3-7-17(29)13-30)27-28-21(33)16(12-31(34)14-32)11-15-5-1-2-6-15/h14-17,34H,1-13H2,(H,28,33)(H,25,26,27)/t16-,17?/m1/s1. The van der Waals surface area contributed by atoms with Gasteiger partial charge in [-0.05, 0) is 43.3 Å². The molecule has 2 atom stereocenters. The number of nitrogens with one attached hydrogen (secondary N) is 2.